The summed E-state index contributed by atoms with van der Waals surface area (Å²) in [5, 5.41) is 2.90. The first-order valence-corrected chi connectivity index (χ1v) is 7.93. The maximum Gasteiger partial charge on any atom is 0.223 e. The molecule has 0 aliphatic rings. The highest BCUT2D eigenvalue weighted by atomic mass is 16.5. The van der Waals surface area contributed by atoms with E-state index >= 15 is 0 Å². The zero-order chi connectivity index (χ0) is 17.4. The van der Waals surface area contributed by atoms with Crippen molar-refractivity contribution in [3.63, 3.8) is 0 Å². The molecule has 0 radical (unpaired) electrons. The van der Waals surface area contributed by atoms with Crippen molar-refractivity contribution < 1.29 is 14.3 Å². The van der Waals surface area contributed by atoms with E-state index < -0.39 is 0 Å². The number of ether oxygens (including phenoxy) is 2. The van der Waals surface area contributed by atoms with Crippen LogP contribution in [0, 0.1) is 5.92 Å². The summed E-state index contributed by atoms with van der Waals surface area (Å²) in [4.78, 5) is 20.9. The molecular formula is C18H23N3O3. The van der Waals surface area contributed by atoms with Gasteiger partial charge < -0.3 is 14.8 Å². The van der Waals surface area contributed by atoms with E-state index in [4.69, 9.17) is 9.47 Å². The molecule has 0 saturated carbocycles. The molecule has 1 atom stereocenters. The van der Waals surface area contributed by atoms with Gasteiger partial charge in [0.1, 0.15) is 0 Å². The lowest BCUT2D eigenvalue weighted by atomic mass is 9.96. The first kappa shape index (κ1) is 17.7. The molecule has 0 spiro atoms. The molecule has 6 nitrogen and oxygen atoms in total. The van der Waals surface area contributed by atoms with Gasteiger partial charge in [-0.2, -0.15) is 9.97 Å². The van der Waals surface area contributed by atoms with Gasteiger partial charge in [-0.3, -0.25) is 4.79 Å². The van der Waals surface area contributed by atoms with E-state index in [2.05, 4.69) is 15.3 Å². The Balaban J connectivity index is 1.98. The van der Waals surface area contributed by atoms with Crippen LogP contribution in [-0.2, 0) is 17.8 Å². The summed E-state index contributed by atoms with van der Waals surface area (Å²) >= 11 is 0. The van der Waals surface area contributed by atoms with Gasteiger partial charge in [0.2, 0.25) is 17.7 Å². The van der Waals surface area contributed by atoms with Crippen LogP contribution in [-0.4, -0.2) is 30.1 Å². The largest absolute Gasteiger partial charge is 0.481 e. The van der Waals surface area contributed by atoms with Crippen LogP contribution >= 0.6 is 0 Å². The van der Waals surface area contributed by atoms with Gasteiger partial charge in [0, 0.05) is 5.92 Å². The quantitative estimate of drug-likeness (QED) is 0.805. The van der Waals surface area contributed by atoms with E-state index in [-0.39, 0.29) is 18.4 Å². The summed E-state index contributed by atoms with van der Waals surface area (Å²) < 4.78 is 10.2. The Hall–Kier alpha value is -2.63. The molecule has 2 aromatic rings. The lowest BCUT2D eigenvalue weighted by Gasteiger charge is -2.15. The molecule has 0 fully saturated rings. The summed E-state index contributed by atoms with van der Waals surface area (Å²) in [6, 6.07) is 11.6. The highest BCUT2D eigenvalue weighted by Gasteiger charge is 2.17. The molecule has 1 aromatic carbocycles. The smallest absolute Gasteiger partial charge is 0.223 e. The van der Waals surface area contributed by atoms with Gasteiger partial charge in [-0.25, -0.2) is 0 Å². The average molecular weight is 329 g/mol. The molecular weight excluding hydrogens is 306 g/mol. The minimum absolute atomic E-state index is 0.00765. The third-order valence-corrected chi connectivity index (χ3v) is 3.75. The van der Waals surface area contributed by atoms with Gasteiger partial charge in [-0.15, -0.1) is 0 Å². The van der Waals surface area contributed by atoms with Gasteiger partial charge >= 0.3 is 0 Å². The third-order valence-electron chi connectivity index (χ3n) is 3.75. The fraction of sp³-hybridized carbons (Fsp3) is 0.389. The van der Waals surface area contributed by atoms with E-state index in [0.29, 0.717) is 24.0 Å². The van der Waals surface area contributed by atoms with Crippen LogP contribution in [0.25, 0.3) is 0 Å². The molecule has 1 unspecified atom stereocenters. The first-order chi connectivity index (χ1) is 11.7. The van der Waals surface area contributed by atoms with Crippen molar-refractivity contribution in [2.75, 3.05) is 14.2 Å². The molecule has 2 rings (SSSR count). The van der Waals surface area contributed by atoms with Crippen molar-refractivity contribution in [3.8, 4) is 11.8 Å². The van der Waals surface area contributed by atoms with E-state index in [9.17, 15) is 4.79 Å². The van der Waals surface area contributed by atoms with E-state index in [1.165, 1.54) is 14.2 Å². The number of carbonyl (C=O) groups is 1. The van der Waals surface area contributed by atoms with Crippen molar-refractivity contribution >= 4 is 5.91 Å². The van der Waals surface area contributed by atoms with Gasteiger partial charge in [-0.05, 0) is 18.4 Å². The molecule has 0 saturated heterocycles. The number of hydrogen-bond acceptors (Lipinski definition) is 5. The van der Waals surface area contributed by atoms with Gasteiger partial charge in [-0.1, -0.05) is 37.3 Å². The summed E-state index contributed by atoms with van der Waals surface area (Å²) in [5.74, 6) is 1.17. The molecule has 6 heteroatoms. The fourth-order valence-corrected chi connectivity index (χ4v) is 2.37. The summed E-state index contributed by atoms with van der Waals surface area (Å²) in [6.07, 6.45) is 1.48. The lowest BCUT2D eigenvalue weighted by molar-refractivity contribution is -0.125. The van der Waals surface area contributed by atoms with E-state index in [1.807, 2.05) is 37.3 Å². The summed E-state index contributed by atoms with van der Waals surface area (Å²) in [5.41, 5.74) is 1.15. The van der Waals surface area contributed by atoms with Crippen LogP contribution in [0.1, 0.15) is 24.7 Å². The highest BCUT2D eigenvalue weighted by Crippen LogP contribution is 2.15. The van der Waals surface area contributed by atoms with Crippen molar-refractivity contribution in [2.24, 2.45) is 5.92 Å². The maximum absolute atomic E-state index is 12.4. The number of methoxy groups -OCH3 is 2. The average Bonchev–Trinajstić information content (AvgIpc) is 2.64. The third kappa shape index (κ3) is 4.94. The maximum atomic E-state index is 12.4. The van der Waals surface area contributed by atoms with Gasteiger partial charge in [0.15, 0.2) is 5.82 Å². The van der Waals surface area contributed by atoms with Crippen LogP contribution in [0.4, 0.5) is 0 Å². The second-order valence-corrected chi connectivity index (χ2v) is 5.38. The van der Waals surface area contributed by atoms with Crippen molar-refractivity contribution in [3.05, 3.63) is 47.8 Å². The predicted molar refractivity (Wildman–Crippen MR) is 90.9 cm³/mol. The second-order valence-electron chi connectivity index (χ2n) is 5.38. The SMILES string of the molecule is CCC(Cc1ccccc1)C(=O)NCc1nc(OC)cc(OC)n1. The summed E-state index contributed by atoms with van der Waals surface area (Å²) in [6.45, 7) is 2.25. The minimum atomic E-state index is -0.0834. The number of carbonyl (C=O) groups excluding carboxylic acids is 1. The molecule has 0 aliphatic carbocycles. The standard InChI is InChI=1S/C18H23N3O3/c1-4-14(10-13-8-6-5-7-9-13)18(22)19-12-15-20-16(23-2)11-17(21-15)24-3/h5-9,11,14H,4,10,12H2,1-3H3,(H,19,22). The van der Waals surface area contributed by atoms with Crippen molar-refractivity contribution in [2.45, 2.75) is 26.3 Å². The number of hydrogen-bond donors (Lipinski definition) is 1. The zero-order valence-electron chi connectivity index (χ0n) is 14.3. The molecule has 1 N–H and O–H groups in total. The summed E-state index contributed by atoms with van der Waals surface area (Å²) in [7, 11) is 3.05. The molecule has 128 valence electrons. The Morgan fingerprint density at radius 1 is 1.12 bits per heavy atom. The van der Waals surface area contributed by atoms with Crippen molar-refractivity contribution in [1.29, 1.82) is 0 Å². The zero-order valence-corrected chi connectivity index (χ0v) is 14.3. The first-order valence-electron chi connectivity index (χ1n) is 7.93. The number of aromatic nitrogens is 2. The molecule has 24 heavy (non-hydrogen) atoms. The topological polar surface area (TPSA) is 73.3 Å². The normalized spacial score (nSPS) is 11.6. The molecule has 0 bridgehead atoms. The van der Waals surface area contributed by atoms with Gasteiger partial charge in [0.25, 0.3) is 0 Å². The Bertz CT molecular complexity index is 640. The molecule has 1 amide bonds. The van der Waals surface area contributed by atoms with Crippen LogP contribution < -0.4 is 14.8 Å². The molecule has 0 aliphatic heterocycles. The number of nitrogens with zero attached hydrogens (tertiary/aromatic N) is 2. The van der Waals surface area contributed by atoms with Crippen LogP contribution in [0.2, 0.25) is 0 Å². The molecule has 1 aromatic heterocycles. The Kier molecular flexibility index (Phi) is 6.54. The van der Waals surface area contributed by atoms with Crippen LogP contribution in [0.3, 0.4) is 0 Å². The Labute approximate surface area is 142 Å². The fourth-order valence-electron chi connectivity index (χ4n) is 2.37. The molecule has 1 heterocycles. The van der Waals surface area contributed by atoms with E-state index in [1.54, 1.807) is 6.07 Å². The number of nitrogens with one attached hydrogen (secondary N) is 1. The monoisotopic (exact) mass is 329 g/mol. The number of amides is 1. The minimum Gasteiger partial charge on any atom is -0.481 e. The lowest BCUT2D eigenvalue weighted by Crippen LogP contribution is -2.31. The second kappa shape index (κ2) is 8.86. The Morgan fingerprint density at radius 3 is 2.29 bits per heavy atom. The Morgan fingerprint density at radius 2 is 1.75 bits per heavy atom. The highest BCUT2D eigenvalue weighted by molar-refractivity contribution is 5.78. The van der Waals surface area contributed by atoms with E-state index in [0.717, 1.165) is 12.0 Å². The van der Waals surface area contributed by atoms with Crippen LogP contribution in [0.5, 0.6) is 11.8 Å². The number of benzene rings is 1. The van der Waals surface area contributed by atoms with Gasteiger partial charge in [0.05, 0.1) is 26.8 Å². The van der Waals surface area contributed by atoms with Crippen LogP contribution in [0.15, 0.2) is 36.4 Å². The van der Waals surface area contributed by atoms with Crippen molar-refractivity contribution in [1.82, 2.24) is 15.3 Å². The number of rotatable bonds is 8. The predicted octanol–water partition coefficient (Wildman–Crippen LogP) is 2.38.